The van der Waals surface area contributed by atoms with Gasteiger partial charge in [0.25, 0.3) is 5.56 Å². The molecule has 0 aliphatic heterocycles. The quantitative estimate of drug-likeness (QED) is 0.908. The minimum Gasteiger partial charge on any atom is -0.326 e. The van der Waals surface area contributed by atoms with Gasteiger partial charge in [-0.1, -0.05) is 25.7 Å². The molecule has 1 aliphatic carbocycles. The predicted octanol–water partition coefficient (Wildman–Crippen LogP) is 2.78. The van der Waals surface area contributed by atoms with Crippen molar-refractivity contribution in [3.63, 3.8) is 0 Å². The highest BCUT2D eigenvalue weighted by molar-refractivity contribution is 5.93. The van der Waals surface area contributed by atoms with Crippen LogP contribution in [-0.4, -0.2) is 15.7 Å². The monoisotopic (exact) mass is 287 g/mol. The van der Waals surface area contributed by atoms with Crippen LogP contribution in [0.4, 0.5) is 5.69 Å². The van der Waals surface area contributed by atoms with Crippen molar-refractivity contribution in [3.05, 3.63) is 28.6 Å². The maximum Gasteiger partial charge on any atom is 0.272 e. The number of carbonyl (C=O) groups excluding carboxylic acids is 1. The molecule has 1 aromatic carbocycles. The Bertz CT molecular complexity index is 708. The van der Waals surface area contributed by atoms with Crippen LogP contribution in [0, 0.1) is 5.92 Å². The summed E-state index contributed by atoms with van der Waals surface area (Å²) in [6.45, 7) is 0. The SMILES string of the molecule is Cn1[nH]c(=O)c2cc(NC(=O)CCC3CCCC3)ccc21. The molecule has 0 radical (unpaired) electrons. The van der Waals surface area contributed by atoms with E-state index in [1.165, 1.54) is 25.7 Å². The van der Waals surface area contributed by atoms with Crippen molar-refractivity contribution in [2.75, 3.05) is 5.32 Å². The summed E-state index contributed by atoms with van der Waals surface area (Å²) in [5.41, 5.74) is 1.40. The van der Waals surface area contributed by atoms with Crippen LogP contribution in [0.3, 0.4) is 0 Å². The largest absolute Gasteiger partial charge is 0.326 e. The predicted molar refractivity (Wildman–Crippen MR) is 83.4 cm³/mol. The number of aromatic amines is 1. The minimum atomic E-state index is -0.130. The fourth-order valence-electron chi connectivity index (χ4n) is 3.22. The molecule has 1 heterocycles. The summed E-state index contributed by atoms with van der Waals surface area (Å²) >= 11 is 0. The molecule has 2 N–H and O–H groups in total. The lowest BCUT2D eigenvalue weighted by Gasteiger charge is -2.09. The van der Waals surface area contributed by atoms with Crippen LogP contribution in [-0.2, 0) is 11.8 Å². The molecule has 2 aromatic rings. The van der Waals surface area contributed by atoms with E-state index in [2.05, 4.69) is 10.4 Å². The first kappa shape index (κ1) is 13.9. The number of nitrogens with one attached hydrogen (secondary N) is 2. The molecular formula is C16H21N3O2. The standard InChI is InChI=1S/C16H21N3O2/c1-19-14-8-7-12(10-13(14)16(21)18-19)17-15(20)9-6-11-4-2-3-5-11/h7-8,10-11H,2-6,9H2,1H3,(H,17,20)(H,18,21). The molecule has 3 rings (SSSR count). The van der Waals surface area contributed by atoms with Gasteiger partial charge in [0.2, 0.25) is 5.91 Å². The maximum atomic E-state index is 12.0. The van der Waals surface area contributed by atoms with Crippen molar-refractivity contribution in [3.8, 4) is 0 Å². The molecule has 1 aliphatic rings. The number of nitrogens with zero attached hydrogens (tertiary/aromatic N) is 1. The number of aromatic nitrogens is 2. The van der Waals surface area contributed by atoms with E-state index in [4.69, 9.17) is 0 Å². The second-order valence-electron chi connectivity index (χ2n) is 5.97. The van der Waals surface area contributed by atoms with E-state index in [-0.39, 0.29) is 11.5 Å². The van der Waals surface area contributed by atoms with E-state index in [1.54, 1.807) is 17.8 Å². The van der Waals surface area contributed by atoms with E-state index in [9.17, 15) is 9.59 Å². The van der Waals surface area contributed by atoms with Crippen LogP contribution in [0.5, 0.6) is 0 Å². The summed E-state index contributed by atoms with van der Waals surface area (Å²) in [6, 6.07) is 5.42. The van der Waals surface area contributed by atoms with Gasteiger partial charge in [-0.05, 0) is 30.5 Å². The smallest absolute Gasteiger partial charge is 0.272 e. The lowest BCUT2D eigenvalue weighted by Crippen LogP contribution is -2.12. The molecule has 1 aromatic heterocycles. The van der Waals surface area contributed by atoms with Crippen molar-refractivity contribution >= 4 is 22.5 Å². The first-order valence-electron chi connectivity index (χ1n) is 7.62. The van der Waals surface area contributed by atoms with Crippen molar-refractivity contribution in [2.45, 2.75) is 38.5 Å². The van der Waals surface area contributed by atoms with Crippen LogP contribution in [0.1, 0.15) is 38.5 Å². The van der Waals surface area contributed by atoms with Gasteiger partial charge in [0, 0.05) is 19.2 Å². The van der Waals surface area contributed by atoms with Crippen molar-refractivity contribution in [1.82, 2.24) is 9.78 Å². The Morgan fingerprint density at radius 3 is 2.90 bits per heavy atom. The number of rotatable bonds is 4. The molecule has 0 saturated heterocycles. The molecule has 5 heteroatoms. The van der Waals surface area contributed by atoms with Crippen LogP contribution in [0.15, 0.2) is 23.0 Å². The zero-order valence-electron chi connectivity index (χ0n) is 12.3. The molecule has 5 nitrogen and oxygen atoms in total. The Balaban J connectivity index is 1.65. The van der Waals surface area contributed by atoms with Crippen molar-refractivity contribution in [2.24, 2.45) is 13.0 Å². The molecule has 1 amide bonds. The third-order valence-electron chi connectivity index (χ3n) is 4.41. The first-order chi connectivity index (χ1) is 10.1. The Kier molecular flexibility index (Phi) is 3.82. The minimum absolute atomic E-state index is 0.0357. The molecule has 0 unspecified atom stereocenters. The van der Waals surface area contributed by atoms with E-state index in [0.29, 0.717) is 17.5 Å². The average Bonchev–Trinajstić information content (AvgIpc) is 3.06. The average molecular weight is 287 g/mol. The Hall–Kier alpha value is -2.04. The van der Waals surface area contributed by atoms with Crippen LogP contribution >= 0.6 is 0 Å². The molecule has 0 atom stereocenters. The molecule has 1 fully saturated rings. The second kappa shape index (κ2) is 5.76. The number of hydrogen-bond donors (Lipinski definition) is 2. The number of carbonyl (C=O) groups is 1. The highest BCUT2D eigenvalue weighted by Gasteiger charge is 2.16. The van der Waals surface area contributed by atoms with Crippen LogP contribution in [0.25, 0.3) is 10.9 Å². The first-order valence-corrected chi connectivity index (χ1v) is 7.62. The summed E-state index contributed by atoms with van der Waals surface area (Å²) in [5, 5.41) is 6.20. The van der Waals surface area contributed by atoms with Gasteiger partial charge in [0.05, 0.1) is 10.9 Å². The van der Waals surface area contributed by atoms with Gasteiger partial charge in [0.15, 0.2) is 0 Å². The zero-order chi connectivity index (χ0) is 14.8. The number of H-pyrrole nitrogens is 1. The second-order valence-corrected chi connectivity index (χ2v) is 5.97. The highest BCUT2D eigenvalue weighted by Crippen LogP contribution is 2.28. The van der Waals surface area contributed by atoms with Gasteiger partial charge in [-0.2, -0.15) is 0 Å². The molecule has 0 bridgehead atoms. The summed E-state index contributed by atoms with van der Waals surface area (Å²) in [5.74, 6) is 0.754. The normalized spacial score (nSPS) is 15.7. The lowest BCUT2D eigenvalue weighted by atomic mass is 10.0. The van der Waals surface area contributed by atoms with Crippen molar-refractivity contribution < 1.29 is 4.79 Å². The third kappa shape index (κ3) is 3.01. The summed E-state index contributed by atoms with van der Waals surface area (Å²) in [6.07, 6.45) is 6.67. The molecular weight excluding hydrogens is 266 g/mol. The third-order valence-corrected chi connectivity index (χ3v) is 4.41. The number of anilines is 1. The fraction of sp³-hybridized carbons (Fsp3) is 0.500. The highest BCUT2D eigenvalue weighted by atomic mass is 16.1. The molecule has 112 valence electrons. The Morgan fingerprint density at radius 1 is 1.38 bits per heavy atom. The number of amides is 1. The van der Waals surface area contributed by atoms with Gasteiger partial charge in [-0.25, -0.2) is 0 Å². The van der Waals surface area contributed by atoms with Crippen molar-refractivity contribution in [1.29, 1.82) is 0 Å². The lowest BCUT2D eigenvalue weighted by molar-refractivity contribution is -0.116. The molecule has 21 heavy (non-hydrogen) atoms. The van der Waals surface area contributed by atoms with E-state index in [0.717, 1.165) is 17.9 Å². The van der Waals surface area contributed by atoms with Crippen LogP contribution < -0.4 is 10.9 Å². The molecule has 0 spiro atoms. The number of hydrogen-bond acceptors (Lipinski definition) is 2. The molecule has 1 saturated carbocycles. The van der Waals surface area contributed by atoms with Gasteiger partial charge in [0.1, 0.15) is 0 Å². The Labute approximate surface area is 123 Å². The number of aryl methyl sites for hydroxylation is 1. The topological polar surface area (TPSA) is 66.9 Å². The summed E-state index contributed by atoms with van der Waals surface area (Å²) < 4.78 is 1.68. The maximum absolute atomic E-state index is 12.0. The number of fused-ring (bicyclic) bond motifs is 1. The zero-order valence-corrected chi connectivity index (χ0v) is 12.3. The van der Waals surface area contributed by atoms with Crippen LogP contribution in [0.2, 0.25) is 0 Å². The number of benzene rings is 1. The summed E-state index contributed by atoms with van der Waals surface area (Å²) in [7, 11) is 1.80. The van der Waals surface area contributed by atoms with E-state index in [1.807, 2.05) is 12.1 Å². The summed E-state index contributed by atoms with van der Waals surface area (Å²) in [4.78, 5) is 23.7. The Morgan fingerprint density at radius 2 is 2.14 bits per heavy atom. The van der Waals surface area contributed by atoms with E-state index >= 15 is 0 Å². The van der Waals surface area contributed by atoms with Gasteiger partial charge < -0.3 is 5.32 Å². The van der Waals surface area contributed by atoms with E-state index < -0.39 is 0 Å². The van der Waals surface area contributed by atoms with Gasteiger partial charge >= 0.3 is 0 Å². The fourth-order valence-corrected chi connectivity index (χ4v) is 3.22. The van der Waals surface area contributed by atoms with Gasteiger partial charge in [-0.15, -0.1) is 0 Å². The van der Waals surface area contributed by atoms with Gasteiger partial charge in [-0.3, -0.25) is 19.4 Å².